The molecular weight excluding hydrogens is 298 g/mol. The molecule has 1 N–H and O–H groups in total. The van der Waals surface area contributed by atoms with Crippen LogP contribution < -0.4 is 5.32 Å². The van der Waals surface area contributed by atoms with Gasteiger partial charge in [-0.25, -0.2) is 8.42 Å². The van der Waals surface area contributed by atoms with Gasteiger partial charge in [0.25, 0.3) is 5.69 Å². The maximum atomic E-state index is 12.5. The monoisotopic (exact) mass is 315 g/mol. The van der Waals surface area contributed by atoms with E-state index in [0.29, 0.717) is 19.8 Å². The van der Waals surface area contributed by atoms with Gasteiger partial charge in [-0.1, -0.05) is 0 Å². The Bertz CT molecular complexity index is 626. The highest BCUT2D eigenvalue weighted by Crippen LogP contribution is 2.28. The van der Waals surface area contributed by atoms with Crippen LogP contribution in [0.15, 0.2) is 23.1 Å². The standard InChI is InChI=1S/C12H17N3O5S/c1-2-13-11-9-10(3-4-12(11)15(16)17)21(18,19)14-5-7-20-8-6-14/h3-4,9,13H,2,5-8H2,1H3. The molecule has 1 aromatic rings. The normalized spacial score (nSPS) is 16.6. The van der Waals surface area contributed by atoms with E-state index in [1.807, 2.05) is 0 Å². The SMILES string of the molecule is CCNc1cc(S(=O)(=O)N2CCOCC2)ccc1[N+](=O)[O-]. The number of rotatable bonds is 5. The van der Waals surface area contributed by atoms with Crippen molar-refractivity contribution in [1.82, 2.24) is 4.31 Å². The summed E-state index contributed by atoms with van der Waals surface area (Å²) in [5.74, 6) is 0. The fourth-order valence-electron chi connectivity index (χ4n) is 2.10. The minimum Gasteiger partial charge on any atom is -0.380 e. The summed E-state index contributed by atoms with van der Waals surface area (Å²) in [6, 6.07) is 3.79. The van der Waals surface area contributed by atoms with Gasteiger partial charge in [0, 0.05) is 25.7 Å². The highest BCUT2D eigenvalue weighted by atomic mass is 32.2. The molecule has 9 heteroatoms. The molecule has 1 aromatic carbocycles. The van der Waals surface area contributed by atoms with E-state index in [0.717, 1.165) is 0 Å². The van der Waals surface area contributed by atoms with Crippen LogP contribution in [-0.4, -0.2) is 50.5 Å². The number of nitrogens with one attached hydrogen (secondary N) is 1. The minimum atomic E-state index is -3.65. The van der Waals surface area contributed by atoms with Crippen molar-refractivity contribution < 1.29 is 18.1 Å². The molecule has 1 fully saturated rings. The lowest BCUT2D eigenvalue weighted by Gasteiger charge is -2.26. The predicted molar refractivity (Wildman–Crippen MR) is 76.8 cm³/mol. The van der Waals surface area contributed by atoms with Gasteiger partial charge < -0.3 is 10.1 Å². The van der Waals surface area contributed by atoms with E-state index in [1.54, 1.807) is 6.92 Å². The lowest BCUT2D eigenvalue weighted by atomic mass is 10.2. The van der Waals surface area contributed by atoms with Gasteiger partial charge in [-0.2, -0.15) is 4.31 Å². The Balaban J connectivity index is 2.39. The molecular formula is C12H17N3O5S. The molecule has 1 aliphatic rings. The van der Waals surface area contributed by atoms with E-state index in [-0.39, 0.29) is 29.4 Å². The molecule has 2 rings (SSSR count). The van der Waals surface area contributed by atoms with Gasteiger partial charge >= 0.3 is 0 Å². The average Bonchev–Trinajstić information content (AvgIpc) is 2.48. The van der Waals surface area contributed by atoms with Crippen LogP contribution in [0, 0.1) is 10.1 Å². The molecule has 0 saturated carbocycles. The lowest BCUT2D eigenvalue weighted by molar-refractivity contribution is -0.384. The molecule has 0 aliphatic carbocycles. The number of morpholine rings is 1. The van der Waals surface area contributed by atoms with E-state index in [2.05, 4.69) is 5.32 Å². The fourth-order valence-corrected chi connectivity index (χ4v) is 3.54. The van der Waals surface area contributed by atoms with Crippen molar-refractivity contribution >= 4 is 21.4 Å². The zero-order valence-corrected chi connectivity index (χ0v) is 12.4. The molecule has 0 radical (unpaired) electrons. The zero-order chi connectivity index (χ0) is 15.5. The first-order chi connectivity index (χ1) is 9.96. The van der Waals surface area contributed by atoms with Crippen molar-refractivity contribution in [3.63, 3.8) is 0 Å². The number of nitro groups is 1. The van der Waals surface area contributed by atoms with Crippen LogP contribution in [0.3, 0.4) is 0 Å². The second kappa shape index (κ2) is 6.37. The Hall–Kier alpha value is -1.71. The number of sulfonamides is 1. The molecule has 8 nitrogen and oxygen atoms in total. The molecule has 0 amide bonds. The first-order valence-electron chi connectivity index (χ1n) is 6.57. The second-order valence-electron chi connectivity index (χ2n) is 4.48. The second-order valence-corrected chi connectivity index (χ2v) is 6.42. The summed E-state index contributed by atoms with van der Waals surface area (Å²) in [5, 5.41) is 13.8. The Morgan fingerprint density at radius 1 is 1.38 bits per heavy atom. The molecule has 116 valence electrons. The summed E-state index contributed by atoms with van der Waals surface area (Å²) < 4.78 is 31.5. The number of hydrogen-bond donors (Lipinski definition) is 1. The summed E-state index contributed by atoms with van der Waals surface area (Å²) in [6.45, 7) is 3.53. The molecule has 0 unspecified atom stereocenters. The molecule has 1 heterocycles. The topological polar surface area (TPSA) is 102 Å². The summed E-state index contributed by atoms with van der Waals surface area (Å²) >= 11 is 0. The zero-order valence-electron chi connectivity index (χ0n) is 11.6. The van der Waals surface area contributed by atoms with Crippen molar-refractivity contribution in [3.05, 3.63) is 28.3 Å². The number of anilines is 1. The summed E-state index contributed by atoms with van der Waals surface area (Å²) in [6.07, 6.45) is 0. The van der Waals surface area contributed by atoms with Crippen molar-refractivity contribution in [2.45, 2.75) is 11.8 Å². The Kier molecular flexibility index (Phi) is 4.76. The van der Waals surface area contributed by atoms with E-state index in [9.17, 15) is 18.5 Å². The van der Waals surface area contributed by atoms with Gasteiger partial charge in [0.2, 0.25) is 10.0 Å². The minimum absolute atomic E-state index is 0.0472. The maximum absolute atomic E-state index is 12.5. The molecule has 1 saturated heterocycles. The van der Waals surface area contributed by atoms with Crippen molar-refractivity contribution in [2.75, 3.05) is 38.2 Å². The Morgan fingerprint density at radius 2 is 2.05 bits per heavy atom. The van der Waals surface area contributed by atoms with Gasteiger partial charge in [0.1, 0.15) is 5.69 Å². The van der Waals surface area contributed by atoms with E-state index >= 15 is 0 Å². The Labute approximate surface area is 122 Å². The Morgan fingerprint density at radius 3 is 2.62 bits per heavy atom. The molecule has 0 atom stereocenters. The van der Waals surface area contributed by atoms with Gasteiger partial charge in [-0.15, -0.1) is 0 Å². The predicted octanol–water partition coefficient (Wildman–Crippen LogP) is 1.05. The molecule has 0 spiro atoms. The van der Waals surface area contributed by atoms with Crippen LogP contribution in [0.25, 0.3) is 0 Å². The van der Waals surface area contributed by atoms with Gasteiger partial charge in [0.15, 0.2) is 0 Å². The number of hydrogen-bond acceptors (Lipinski definition) is 6. The third-order valence-electron chi connectivity index (χ3n) is 3.14. The van der Waals surface area contributed by atoms with E-state index in [4.69, 9.17) is 4.74 Å². The van der Waals surface area contributed by atoms with Crippen LogP contribution >= 0.6 is 0 Å². The highest BCUT2D eigenvalue weighted by Gasteiger charge is 2.28. The third kappa shape index (κ3) is 3.31. The summed E-state index contributed by atoms with van der Waals surface area (Å²) in [7, 11) is -3.65. The van der Waals surface area contributed by atoms with Crippen LogP contribution in [0.2, 0.25) is 0 Å². The quantitative estimate of drug-likeness (QED) is 0.643. The first-order valence-corrected chi connectivity index (χ1v) is 8.01. The smallest absolute Gasteiger partial charge is 0.292 e. The molecule has 0 aromatic heterocycles. The number of nitrogens with zero attached hydrogens (tertiary/aromatic N) is 2. The van der Waals surface area contributed by atoms with Crippen LogP contribution in [0.5, 0.6) is 0 Å². The number of nitro benzene ring substituents is 1. The highest BCUT2D eigenvalue weighted by molar-refractivity contribution is 7.89. The lowest BCUT2D eigenvalue weighted by Crippen LogP contribution is -2.40. The average molecular weight is 315 g/mol. The van der Waals surface area contributed by atoms with Gasteiger partial charge in [-0.3, -0.25) is 10.1 Å². The van der Waals surface area contributed by atoms with Crippen molar-refractivity contribution in [2.24, 2.45) is 0 Å². The van der Waals surface area contributed by atoms with Crippen LogP contribution in [0.1, 0.15) is 6.92 Å². The molecule has 0 bridgehead atoms. The van der Waals surface area contributed by atoms with Gasteiger partial charge in [0.05, 0.1) is 23.0 Å². The maximum Gasteiger partial charge on any atom is 0.292 e. The molecule has 1 aliphatic heterocycles. The molecule has 21 heavy (non-hydrogen) atoms. The van der Waals surface area contributed by atoms with Gasteiger partial charge in [-0.05, 0) is 19.1 Å². The largest absolute Gasteiger partial charge is 0.380 e. The number of ether oxygens (including phenoxy) is 1. The summed E-state index contributed by atoms with van der Waals surface area (Å²) in [5.41, 5.74) is 0.0645. The fraction of sp³-hybridized carbons (Fsp3) is 0.500. The third-order valence-corrected chi connectivity index (χ3v) is 5.03. The van der Waals surface area contributed by atoms with E-state index < -0.39 is 14.9 Å². The van der Waals surface area contributed by atoms with Crippen molar-refractivity contribution in [1.29, 1.82) is 0 Å². The van der Waals surface area contributed by atoms with Crippen LogP contribution in [0.4, 0.5) is 11.4 Å². The van der Waals surface area contributed by atoms with Crippen LogP contribution in [-0.2, 0) is 14.8 Å². The van der Waals surface area contributed by atoms with Crippen molar-refractivity contribution in [3.8, 4) is 0 Å². The first kappa shape index (κ1) is 15.7. The van der Waals surface area contributed by atoms with E-state index in [1.165, 1.54) is 22.5 Å². The number of benzene rings is 1. The summed E-state index contributed by atoms with van der Waals surface area (Å²) in [4.78, 5) is 10.5.